The van der Waals surface area contributed by atoms with Crippen molar-refractivity contribution in [2.75, 3.05) is 0 Å². The molecule has 2 aliphatic heterocycles. The Morgan fingerprint density at radius 1 is 1.50 bits per heavy atom. The molecular weight excluding hydrogens is 130 g/mol. The van der Waals surface area contributed by atoms with Gasteiger partial charge in [-0.05, 0) is 6.07 Å². The van der Waals surface area contributed by atoms with Gasteiger partial charge in [-0.2, -0.15) is 0 Å². The summed E-state index contributed by atoms with van der Waals surface area (Å²) in [5.74, 6) is 0. The molecule has 0 aromatic carbocycles. The standard InChI is InChI=1S/C6H4N3O/c10-9-4-7-3-5-6(9)1-2-8-5/h1-4H/q-1. The van der Waals surface area contributed by atoms with Gasteiger partial charge in [-0.25, -0.2) is 4.98 Å². The number of hydrogen-bond donors (Lipinski definition) is 0. The van der Waals surface area contributed by atoms with Gasteiger partial charge in [0.25, 0.3) is 0 Å². The second-order valence-corrected chi connectivity index (χ2v) is 1.93. The molecule has 2 aliphatic rings. The lowest BCUT2D eigenvalue weighted by molar-refractivity contribution is 0.997. The molecule has 0 N–H and O–H groups in total. The van der Waals surface area contributed by atoms with Crippen LogP contribution in [-0.2, 0) is 0 Å². The highest BCUT2D eigenvalue weighted by Crippen LogP contribution is 2.15. The number of hydrogen-bond acceptors (Lipinski definition) is 3. The molecule has 0 unspecified atom stereocenters. The molecule has 0 fully saturated rings. The molecule has 0 radical (unpaired) electrons. The highest BCUT2D eigenvalue weighted by atomic mass is 16.5. The highest BCUT2D eigenvalue weighted by molar-refractivity contribution is 5.55. The van der Waals surface area contributed by atoms with Gasteiger partial charge < -0.3 is 9.94 Å². The van der Waals surface area contributed by atoms with Crippen molar-refractivity contribution in [3.8, 4) is 11.4 Å². The van der Waals surface area contributed by atoms with Crippen molar-refractivity contribution < 1.29 is 0 Å². The van der Waals surface area contributed by atoms with Crippen molar-refractivity contribution >= 4 is 0 Å². The zero-order chi connectivity index (χ0) is 6.97. The molecule has 0 saturated carbocycles. The second-order valence-electron chi connectivity index (χ2n) is 1.93. The van der Waals surface area contributed by atoms with Gasteiger partial charge in [-0.15, -0.1) is 0 Å². The van der Waals surface area contributed by atoms with Crippen molar-refractivity contribution in [1.82, 2.24) is 14.7 Å². The van der Waals surface area contributed by atoms with Crippen LogP contribution in [0, 0.1) is 5.21 Å². The molecule has 0 aromatic heterocycles. The summed E-state index contributed by atoms with van der Waals surface area (Å²) in [6.45, 7) is 0. The van der Waals surface area contributed by atoms with Crippen LogP contribution in [0.4, 0.5) is 0 Å². The summed E-state index contributed by atoms with van der Waals surface area (Å²) in [7, 11) is 0. The summed E-state index contributed by atoms with van der Waals surface area (Å²) in [4.78, 5) is 7.57. The minimum atomic E-state index is 0.565. The smallest absolute Gasteiger partial charge is 0.105 e. The van der Waals surface area contributed by atoms with Gasteiger partial charge in [0.15, 0.2) is 0 Å². The predicted octanol–water partition coefficient (Wildman–Crippen LogP) is 0.729. The fourth-order valence-corrected chi connectivity index (χ4v) is 0.852. The van der Waals surface area contributed by atoms with Crippen LogP contribution in [0.3, 0.4) is 0 Å². The van der Waals surface area contributed by atoms with Crippen LogP contribution < -0.4 is 0 Å². The van der Waals surface area contributed by atoms with Crippen LogP contribution in [0.5, 0.6) is 0 Å². The molecule has 0 bridgehead atoms. The third-order valence-corrected chi connectivity index (χ3v) is 1.31. The average Bonchev–Trinajstić information content (AvgIpc) is 2.36. The van der Waals surface area contributed by atoms with Gasteiger partial charge in [0.05, 0.1) is 18.2 Å². The molecule has 2 rings (SSSR count). The summed E-state index contributed by atoms with van der Waals surface area (Å²) in [6.07, 6.45) is 4.36. The van der Waals surface area contributed by atoms with E-state index in [0.29, 0.717) is 16.1 Å². The summed E-state index contributed by atoms with van der Waals surface area (Å²) < 4.78 is 0.697. The average molecular weight is 134 g/mol. The largest absolute Gasteiger partial charge is 0.805 e. The Morgan fingerprint density at radius 3 is 3.20 bits per heavy atom. The second kappa shape index (κ2) is 1.70. The van der Waals surface area contributed by atoms with E-state index in [9.17, 15) is 5.21 Å². The van der Waals surface area contributed by atoms with Crippen molar-refractivity contribution in [3.63, 3.8) is 0 Å². The van der Waals surface area contributed by atoms with Crippen molar-refractivity contribution in [2.45, 2.75) is 0 Å². The molecule has 0 amide bonds. The van der Waals surface area contributed by atoms with E-state index < -0.39 is 0 Å². The summed E-state index contributed by atoms with van der Waals surface area (Å²) in [6, 6.07) is 1.66. The first-order valence-corrected chi connectivity index (χ1v) is 2.82. The zero-order valence-electron chi connectivity index (χ0n) is 5.06. The Morgan fingerprint density at radius 2 is 2.40 bits per heavy atom. The van der Waals surface area contributed by atoms with E-state index >= 15 is 0 Å². The Hall–Kier alpha value is -1.58. The Bertz CT molecular complexity index is 317. The first-order chi connectivity index (χ1) is 4.88. The molecule has 2 heterocycles. The fourth-order valence-electron chi connectivity index (χ4n) is 0.852. The predicted molar refractivity (Wildman–Crippen MR) is 35.4 cm³/mol. The van der Waals surface area contributed by atoms with Gasteiger partial charge in [0.2, 0.25) is 0 Å². The van der Waals surface area contributed by atoms with E-state index in [-0.39, 0.29) is 0 Å². The maximum absolute atomic E-state index is 10.9. The Labute approximate surface area is 57.1 Å². The van der Waals surface area contributed by atoms with Crippen LogP contribution in [0.15, 0.2) is 24.8 Å². The van der Waals surface area contributed by atoms with E-state index in [1.54, 1.807) is 18.5 Å². The molecule has 50 valence electrons. The minimum Gasteiger partial charge on any atom is -0.805 e. The molecule has 4 heteroatoms. The fraction of sp³-hybridized carbons (Fsp3) is 0. The van der Waals surface area contributed by atoms with Crippen LogP contribution in [0.25, 0.3) is 11.4 Å². The Balaban J connectivity index is 2.80. The molecular formula is C6H4N3O-. The van der Waals surface area contributed by atoms with E-state index in [1.807, 2.05) is 0 Å². The first kappa shape index (κ1) is 5.22. The maximum Gasteiger partial charge on any atom is 0.105 e. The van der Waals surface area contributed by atoms with E-state index in [1.165, 1.54) is 6.33 Å². The summed E-state index contributed by atoms with van der Waals surface area (Å²) in [5, 5.41) is 10.9. The van der Waals surface area contributed by atoms with Crippen LogP contribution in [-0.4, -0.2) is 14.7 Å². The lowest BCUT2D eigenvalue weighted by Crippen LogP contribution is -1.94. The number of fused-ring (bicyclic) bond motifs is 1. The lowest BCUT2D eigenvalue weighted by Gasteiger charge is -2.12. The maximum atomic E-state index is 10.9. The summed E-state index contributed by atoms with van der Waals surface area (Å²) in [5.41, 5.74) is 1.20. The van der Waals surface area contributed by atoms with E-state index in [4.69, 9.17) is 0 Å². The highest BCUT2D eigenvalue weighted by Gasteiger charge is 2.01. The number of aromatic nitrogens is 3. The van der Waals surface area contributed by atoms with Crippen LogP contribution in [0.1, 0.15) is 0 Å². The molecule has 0 atom stereocenters. The third-order valence-electron chi connectivity index (χ3n) is 1.31. The quantitative estimate of drug-likeness (QED) is 0.533. The number of nitrogens with zero attached hydrogens (tertiary/aromatic N) is 3. The minimum absolute atomic E-state index is 0.565. The zero-order valence-corrected chi connectivity index (χ0v) is 5.06. The first-order valence-electron chi connectivity index (χ1n) is 2.82. The Kier molecular flexibility index (Phi) is 0.887. The van der Waals surface area contributed by atoms with Gasteiger partial charge in [0.1, 0.15) is 5.69 Å². The van der Waals surface area contributed by atoms with E-state index in [2.05, 4.69) is 9.97 Å². The normalized spacial score (nSPS) is 10.4. The van der Waals surface area contributed by atoms with Gasteiger partial charge >= 0.3 is 0 Å². The lowest BCUT2D eigenvalue weighted by atomic mass is 10.3. The van der Waals surface area contributed by atoms with Crippen LogP contribution in [0.2, 0.25) is 0 Å². The van der Waals surface area contributed by atoms with Crippen LogP contribution >= 0.6 is 0 Å². The van der Waals surface area contributed by atoms with Gasteiger partial charge in [-0.3, -0.25) is 4.98 Å². The number of rotatable bonds is 0. The van der Waals surface area contributed by atoms with Crippen molar-refractivity contribution in [2.24, 2.45) is 0 Å². The molecule has 10 heavy (non-hydrogen) atoms. The third kappa shape index (κ3) is 0.556. The van der Waals surface area contributed by atoms with Gasteiger partial charge in [-0.1, -0.05) is 0 Å². The molecule has 0 aromatic rings. The van der Waals surface area contributed by atoms with Crippen molar-refractivity contribution in [3.05, 3.63) is 30.0 Å². The topological polar surface area (TPSA) is 53.8 Å². The monoisotopic (exact) mass is 134 g/mol. The van der Waals surface area contributed by atoms with Gasteiger partial charge in [0, 0.05) is 6.20 Å². The summed E-state index contributed by atoms with van der Waals surface area (Å²) >= 11 is 0. The molecule has 0 spiro atoms. The SMILES string of the molecule is [O-]n1cncc2nccc1-2. The van der Waals surface area contributed by atoms with E-state index in [0.717, 1.165) is 0 Å². The van der Waals surface area contributed by atoms with Crippen molar-refractivity contribution in [1.29, 1.82) is 0 Å². The molecule has 4 nitrogen and oxygen atoms in total. The molecule has 0 saturated heterocycles. The molecule has 0 aliphatic carbocycles.